The highest BCUT2D eigenvalue weighted by Gasteiger charge is 2.32. The molecular formula is C24H22N6O. The molecule has 1 amide bonds. The van der Waals surface area contributed by atoms with Crippen LogP contribution in [0.2, 0.25) is 0 Å². The number of amides is 1. The Labute approximate surface area is 179 Å². The molecule has 0 spiro atoms. The molecule has 0 saturated heterocycles. The Morgan fingerprint density at radius 3 is 2.97 bits per heavy atom. The van der Waals surface area contributed by atoms with Gasteiger partial charge in [-0.05, 0) is 53.4 Å². The van der Waals surface area contributed by atoms with Crippen molar-refractivity contribution in [3.05, 3.63) is 65.4 Å². The molecule has 3 heterocycles. The van der Waals surface area contributed by atoms with Crippen LogP contribution in [0.15, 0.2) is 48.6 Å². The fourth-order valence-electron chi connectivity index (χ4n) is 4.43. The molecule has 1 aromatic heterocycles. The van der Waals surface area contributed by atoms with Gasteiger partial charge in [0.1, 0.15) is 0 Å². The minimum Gasteiger partial charge on any atom is -0.398 e. The Hall–Kier alpha value is -3.89. The van der Waals surface area contributed by atoms with Gasteiger partial charge in [0.15, 0.2) is 0 Å². The highest BCUT2D eigenvalue weighted by Crippen LogP contribution is 2.38. The van der Waals surface area contributed by atoms with Crippen molar-refractivity contribution in [1.82, 2.24) is 20.4 Å². The molecule has 2 aliphatic heterocycles. The predicted octanol–water partition coefficient (Wildman–Crippen LogP) is 3.22. The molecule has 0 radical (unpaired) electrons. The number of rotatable bonds is 4. The number of benzene rings is 2. The molecule has 5 rings (SSSR count). The van der Waals surface area contributed by atoms with Crippen molar-refractivity contribution >= 4 is 28.1 Å². The summed E-state index contributed by atoms with van der Waals surface area (Å²) in [6.45, 7) is 6.11. The van der Waals surface area contributed by atoms with Gasteiger partial charge < -0.3 is 16.0 Å². The molecule has 154 valence electrons. The summed E-state index contributed by atoms with van der Waals surface area (Å²) < 4.78 is 0. The van der Waals surface area contributed by atoms with Crippen LogP contribution in [0, 0.1) is 11.3 Å². The first-order valence-electron chi connectivity index (χ1n) is 10.2. The number of nitrogens with one attached hydrogen (secondary N) is 2. The molecule has 0 bridgehead atoms. The van der Waals surface area contributed by atoms with E-state index >= 15 is 0 Å². The monoisotopic (exact) mass is 410 g/mol. The van der Waals surface area contributed by atoms with Gasteiger partial charge in [-0.1, -0.05) is 24.8 Å². The van der Waals surface area contributed by atoms with Gasteiger partial charge in [0, 0.05) is 29.7 Å². The molecule has 0 unspecified atom stereocenters. The number of nitriles is 1. The third-order valence-electron chi connectivity index (χ3n) is 5.98. The average Bonchev–Trinajstić information content (AvgIpc) is 3.36. The van der Waals surface area contributed by atoms with E-state index in [4.69, 9.17) is 11.0 Å². The lowest BCUT2D eigenvalue weighted by molar-refractivity contribution is 0.0794. The van der Waals surface area contributed by atoms with Crippen molar-refractivity contribution in [1.29, 1.82) is 5.26 Å². The van der Waals surface area contributed by atoms with Crippen LogP contribution in [0.3, 0.4) is 0 Å². The lowest BCUT2D eigenvalue weighted by atomic mass is 9.94. The van der Waals surface area contributed by atoms with Gasteiger partial charge in [-0.2, -0.15) is 10.4 Å². The van der Waals surface area contributed by atoms with E-state index in [1.165, 1.54) is 5.57 Å². The number of nitrogens with two attached hydrogens (primary N) is 1. The van der Waals surface area contributed by atoms with Crippen molar-refractivity contribution in [2.45, 2.75) is 13.0 Å². The summed E-state index contributed by atoms with van der Waals surface area (Å²) in [7, 11) is 0. The molecular weight excluding hydrogens is 388 g/mol. The molecule has 31 heavy (non-hydrogen) atoms. The highest BCUT2D eigenvalue weighted by atomic mass is 16.2. The van der Waals surface area contributed by atoms with Gasteiger partial charge in [0.25, 0.3) is 5.91 Å². The zero-order valence-corrected chi connectivity index (χ0v) is 17.0. The fraction of sp³-hybridized carbons (Fsp3) is 0.208. The van der Waals surface area contributed by atoms with Crippen LogP contribution in [0.4, 0.5) is 5.69 Å². The Morgan fingerprint density at radius 2 is 2.19 bits per heavy atom. The van der Waals surface area contributed by atoms with Crippen LogP contribution < -0.4 is 11.1 Å². The zero-order valence-electron chi connectivity index (χ0n) is 17.0. The van der Waals surface area contributed by atoms with E-state index in [1.54, 1.807) is 11.0 Å². The van der Waals surface area contributed by atoms with Gasteiger partial charge >= 0.3 is 0 Å². The number of nitrogens with zero attached hydrogens (tertiary/aromatic N) is 3. The summed E-state index contributed by atoms with van der Waals surface area (Å²) in [5.74, 6) is -0.157. The summed E-state index contributed by atoms with van der Waals surface area (Å²) in [5, 5.41) is 21.2. The van der Waals surface area contributed by atoms with Gasteiger partial charge in [0.2, 0.25) is 0 Å². The van der Waals surface area contributed by atoms with E-state index in [9.17, 15) is 4.79 Å². The molecule has 3 aromatic rings. The second-order valence-corrected chi connectivity index (χ2v) is 7.95. The van der Waals surface area contributed by atoms with E-state index in [0.29, 0.717) is 23.4 Å². The maximum atomic E-state index is 13.0. The number of fused-ring (bicyclic) bond motifs is 2. The largest absolute Gasteiger partial charge is 0.398 e. The topological polar surface area (TPSA) is 111 Å². The number of hydrogen-bond donors (Lipinski definition) is 3. The molecule has 0 aliphatic carbocycles. The number of carbonyl (C=O) groups excluding carboxylic acids is 1. The summed E-state index contributed by atoms with van der Waals surface area (Å²) in [6.07, 6.45) is 3.12. The van der Waals surface area contributed by atoms with Gasteiger partial charge in [-0.3, -0.25) is 9.89 Å². The van der Waals surface area contributed by atoms with E-state index in [-0.39, 0.29) is 12.5 Å². The van der Waals surface area contributed by atoms with E-state index in [0.717, 1.165) is 52.8 Å². The normalized spacial score (nSPS) is 15.6. The van der Waals surface area contributed by atoms with Crippen LogP contribution in [0.5, 0.6) is 0 Å². The SMILES string of the molecule is C=C(C#N)CN1Cc2c(-c3ccc4[nH]nc(C5=CCNCC5)c4c3)ccc(N)c2C1=O. The molecule has 2 aliphatic rings. The van der Waals surface area contributed by atoms with Gasteiger partial charge in [-0.15, -0.1) is 0 Å². The van der Waals surface area contributed by atoms with Crippen molar-refractivity contribution in [2.24, 2.45) is 0 Å². The maximum Gasteiger partial charge on any atom is 0.256 e. The third kappa shape index (κ3) is 3.18. The molecule has 0 fully saturated rings. The summed E-state index contributed by atoms with van der Waals surface area (Å²) >= 11 is 0. The Balaban J connectivity index is 1.59. The number of aromatic nitrogens is 2. The number of aromatic amines is 1. The van der Waals surface area contributed by atoms with E-state index in [1.807, 2.05) is 24.3 Å². The number of hydrogen-bond acceptors (Lipinski definition) is 5. The van der Waals surface area contributed by atoms with Crippen molar-refractivity contribution < 1.29 is 4.79 Å². The summed E-state index contributed by atoms with van der Waals surface area (Å²) in [4.78, 5) is 14.6. The second-order valence-electron chi connectivity index (χ2n) is 7.95. The Kier molecular flexibility index (Phi) is 4.57. The zero-order chi connectivity index (χ0) is 21.5. The molecule has 2 aromatic carbocycles. The minimum absolute atomic E-state index is 0.157. The molecule has 7 heteroatoms. The first-order valence-corrected chi connectivity index (χ1v) is 10.2. The van der Waals surface area contributed by atoms with E-state index < -0.39 is 0 Å². The standard InChI is InChI=1S/C24H22N6O/c1-14(11-25)12-30-13-19-17(3-4-20(26)22(19)24(30)31)16-2-5-21-18(10-16)23(29-28-21)15-6-8-27-9-7-15/h2-6,10,27H,1,7-9,12-13,26H2,(H,28,29). The minimum atomic E-state index is -0.157. The highest BCUT2D eigenvalue weighted by molar-refractivity contribution is 6.05. The van der Waals surface area contributed by atoms with Crippen molar-refractivity contribution in [3.8, 4) is 17.2 Å². The van der Waals surface area contributed by atoms with Crippen LogP contribution >= 0.6 is 0 Å². The second kappa shape index (κ2) is 7.42. The molecule has 0 saturated carbocycles. The Bertz CT molecular complexity index is 1310. The predicted molar refractivity (Wildman–Crippen MR) is 121 cm³/mol. The number of carbonyl (C=O) groups is 1. The lowest BCUT2D eigenvalue weighted by Gasteiger charge is -2.14. The fourth-order valence-corrected chi connectivity index (χ4v) is 4.43. The lowest BCUT2D eigenvalue weighted by Crippen LogP contribution is -2.26. The Morgan fingerprint density at radius 1 is 1.32 bits per heavy atom. The van der Waals surface area contributed by atoms with Gasteiger partial charge in [0.05, 0.1) is 29.4 Å². The first-order chi connectivity index (χ1) is 15.1. The number of H-pyrrole nitrogens is 1. The van der Waals surface area contributed by atoms with Crippen LogP contribution in [-0.2, 0) is 6.54 Å². The van der Waals surface area contributed by atoms with Crippen molar-refractivity contribution in [2.75, 3.05) is 25.4 Å². The van der Waals surface area contributed by atoms with Crippen LogP contribution in [0.1, 0.15) is 28.0 Å². The van der Waals surface area contributed by atoms with Crippen LogP contribution in [-0.4, -0.2) is 40.6 Å². The third-order valence-corrected chi connectivity index (χ3v) is 5.98. The quantitative estimate of drug-likeness (QED) is 0.452. The number of anilines is 1. The van der Waals surface area contributed by atoms with E-state index in [2.05, 4.69) is 34.2 Å². The number of nitrogen functional groups attached to an aromatic ring is 1. The van der Waals surface area contributed by atoms with Crippen molar-refractivity contribution in [3.63, 3.8) is 0 Å². The molecule has 0 atom stereocenters. The first kappa shape index (κ1) is 19.1. The smallest absolute Gasteiger partial charge is 0.256 e. The average molecular weight is 410 g/mol. The molecule has 4 N–H and O–H groups in total. The van der Waals surface area contributed by atoms with Gasteiger partial charge in [-0.25, -0.2) is 0 Å². The summed E-state index contributed by atoms with van der Waals surface area (Å²) in [6, 6.07) is 12.0. The maximum absolute atomic E-state index is 13.0. The van der Waals surface area contributed by atoms with Crippen LogP contribution in [0.25, 0.3) is 27.6 Å². The molecule has 7 nitrogen and oxygen atoms in total. The summed E-state index contributed by atoms with van der Waals surface area (Å²) in [5.41, 5.74) is 13.6.